The average molecular weight is 331 g/mol. The lowest BCUT2D eigenvalue weighted by molar-refractivity contribution is 0.0986. The lowest BCUT2D eigenvalue weighted by Crippen LogP contribution is -2.33. The fourth-order valence-electron chi connectivity index (χ4n) is 3.55. The Hall–Kier alpha value is -2.75. The number of amides is 1. The lowest BCUT2D eigenvalue weighted by Gasteiger charge is -2.21. The molecule has 0 N–H and O–H groups in total. The Morgan fingerprint density at radius 2 is 1.68 bits per heavy atom. The Bertz CT molecular complexity index is 1010. The van der Waals surface area contributed by atoms with Crippen LogP contribution in [0.25, 0.3) is 11.0 Å². The van der Waals surface area contributed by atoms with Crippen molar-refractivity contribution < 1.29 is 4.79 Å². The molecule has 0 bridgehead atoms. The summed E-state index contributed by atoms with van der Waals surface area (Å²) in [5.41, 5.74) is 6.22. The molecule has 0 radical (unpaired) electrons. The van der Waals surface area contributed by atoms with Crippen molar-refractivity contribution in [3.63, 3.8) is 0 Å². The summed E-state index contributed by atoms with van der Waals surface area (Å²) in [5, 5.41) is 0. The van der Waals surface area contributed by atoms with Gasteiger partial charge in [0.25, 0.3) is 5.91 Å². The van der Waals surface area contributed by atoms with Crippen LogP contribution < -0.4 is 4.90 Å². The van der Waals surface area contributed by atoms with Gasteiger partial charge in [-0.05, 0) is 43.7 Å². The van der Waals surface area contributed by atoms with Crippen LogP contribution in [0.1, 0.15) is 41.2 Å². The molecule has 2 aromatic carbocycles. The van der Waals surface area contributed by atoms with Gasteiger partial charge in [0.15, 0.2) is 0 Å². The number of nitrogens with zero attached hydrogens (tertiary/aromatic N) is 3. The first-order valence-electron chi connectivity index (χ1n) is 8.53. The molecule has 0 saturated carbocycles. The first-order chi connectivity index (χ1) is 11.9. The highest BCUT2D eigenvalue weighted by molar-refractivity contribution is 6.09. The van der Waals surface area contributed by atoms with Crippen LogP contribution in [0.5, 0.6) is 0 Å². The highest BCUT2D eigenvalue weighted by Gasteiger charge is 2.37. The average Bonchev–Trinajstić information content (AvgIpc) is 2.87. The van der Waals surface area contributed by atoms with E-state index < -0.39 is 0 Å². The Kier molecular flexibility index (Phi) is 3.39. The number of hydrogen-bond donors (Lipinski definition) is 0. The lowest BCUT2D eigenvalue weighted by atomic mass is 9.87. The second-order valence-electron chi connectivity index (χ2n) is 7.39. The van der Waals surface area contributed by atoms with Crippen molar-refractivity contribution in [3.8, 4) is 0 Å². The van der Waals surface area contributed by atoms with Crippen molar-refractivity contribution in [2.75, 3.05) is 11.4 Å². The number of carbonyl (C=O) groups excluding carboxylic acids is 1. The van der Waals surface area contributed by atoms with E-state index in [0.29, 0.717) is 12.1 Å². The van der Waals surface area contributed by atoms with E-state index in [4.69, 9.17) is 0 Å². The molecule has 4 heteroatoms. The second kappa shape index (κ2) is 5.38. The molecule has 0 spiro atoms. The van der Waals surface area contributed by atoms with Crippen LogP contribution in [0, 0.1) is 13.8 Å². The zero-order chi connectivity index (χ0) is 17.8. The predicted molar refractivity (Wildman–Crippen MR) is 100 cm³/mol. The van der Waals surface area contributed by atoms with Crippen molar-refractivity contribution in [2.45, 2.75) is 33.1 Å². The maximum absolute atomic E-state index is 13.2. The molecule has 0 unspecified atom stereocenters. The van der Waals surface area contributed by atoms with Gasteiger partial charge in [0, 0.05) is 23.2 Å². The number of fused-ring (bicyclic) bond motifs is 2. The van der Waals surface area contributed by atoms with Gasteiger partial charge in [-0.1, -0.05) is 32.0 Å². The van der Waals surface area contributed by atoms with Crippen LogP contribution in [0.3, 0.4) is 0 Å². The second-order valence-corrected chi connectivity index (χ2v) is 7.39. The van der Waals surface area contributed by atoms with Crippen LogP contribution in [0.15, 0.2) is 42.5 Å². The predicted octanol–water partition coefficient (Wildman–Crippen LogP) is 4.18. The van der Waals surface area contributed by atoms with Crippen LogP contribution >= 0.6 is 0 Å². The number of rotatable bonds is 1. The Labute approximate surface area is 147 Å². The van der Waals surface area contributed by atoms with Gasteiger partial charge < -0.3 is 4.90 Å². The van der Waals surface area contributed by atoms with E-state index in [1.54, 1.807) is 0 Å². The molecule has 0 fully saturated rings. The molecule has 1 aliphatic heterocycles. The standard InChI is InChI=1S/C21H21N3O/c1-13-14(2)23-18-11-15(9-10-17(18)22-13)20(25)24-12-21(3,4)16-7-5-6-8-19(16)24/h5-11H,12H2,1-4H3. The van der Waals surface area contributed by atoms with Gasteiger partial charge in [-0.15, -0.1) is 0 Å². The summed E-state index contributed by atoms with van der Waals surface area (Å²) >= 11 is 0. The highest BCUT2D eigenvalue weighted by atomic mass is 16.2. The maximum atomic E-state index is 13.2. The van der Waals surface area contributed by atoms with Gasteiger partial charge >= 0.3 is 0 Å². The third-order valence-electron chi connectivity index (χ3n) is 5.04. The van der Waals surface area contributed by atoms with Gasteiger partial charge in [-0.25, -0.2) is 9.97 Å². The minimum atomic E-state index is -0.0450. The summed E-state index contributed by atoms with van der Waals surface area (Å²) in [5.74, 6) is 0.0138. The third kappa shape index (κ3) is 2.49. The third-order valence-corrected chi connectivity index (χ3v) is 5.04. The van der Waals surface area contributed by atoms with Crippen molar-refractivity contribution in [1.29, 1.82) is 0 Å². The first-order valence-corrected chi connectivity index (χ1v) is 8.53. The molecule has 4 rings (SSSR count). The topological polar surface area (TPSA) is 46.1 Å². The summed E-state index contributed by atoms with van der Waals surface area (Å²) in [4.78, 5) is 24.2. The fourth-order valence-corrected chi connectivity index (χ4v) is 3.55. The summed E-state index contributed by atoms with van der Waals surface area (Å²) in [6.45, 7) is 8.93. The molecule has 0 saturated heterocycles. The van der Waals surface area contributed by atoms with E-state index in [9.17, 15) is 4.79 Å². The van der Waals surface area contributed by atoms with E-state index in [1.807, 2.05) is 55.1 Å². The van der Waals surface area contributed by atoms with E-state index >= 15 is 0 Å². The maximum Gasteiger partial charge on any atom is 0.258 e. The SMILES string of the molecule is Cc1nc2ccc(C(=O)N3CC(C)(C)c4ccccc43)cc2nc1C. The Morgan fingerprint density at radius 1 is 1.00 bits per heavy atom. The zero-order valence-electron chi connectivity index (χ0n) is 15.0. The highest BCUT2D eigenvalue weighted by Crippen LogP contribution is 2.40. The van der Waals surface area contributed by atoms with Crippen molar-refractivity contribution >= 4 is 22.6 Å². The van der Waals surface area contributed by atoms with Gasteiger partial charge in [0.05, 0.1) is 22.4 Å². The minimum absolute atomic E-state index is 0.0138. The number of aromatic nitrogens is 2. The molecule has 126 valence electrons. The van der Waals surface area contributed by atoms with Crippen LogP contribution in [0.4, 0.5) is 5.69 Å². The number of hydrogen-bond acceptors (Lipinski definition) is 3. The zero-order valence-corrected chi connectivity index (χ0v) is 15.0. The molecule has 3 aromatic rings. The van der Waals surface area contributed by atoms with Crippen LogP contribution in [-0.4, -0.2) is 22.4 Å². The Balaban J connectivity index is 1.77. The summed E-state index contributed by atoms with van der Waals surface area (Å²) in [7, 11) is 0. The molecular weight excluding hydrogens is 310 g/mol. The Morgan fingerprint density at radius 3 is 2.44 bits per heavy atom. The van der Waals surface area contributed by atoms with E-state index in [-0.39, 0.29) is 11.3 Å². The van der Waals surface area contributed by atoms with Gasteiger partial charge in [0.1, 0.15) is 0 Å². The van der Waals surface area contributed by atoms with Gasteiger partial charge in [-0.2, -0.15) is 0 Å². The quantitative estimate of drug-likeness (QED) is 0.672. The monoisotopic (exact) mass is 331 g/mol. The summed E-state index contributed by atoms with van der Waals surface area (Å²) in [6, 6.07) is 13.7. The molecule has 2 heterocycles. The number of carbonyl (C=O) groups is 1. The van der Waals surface area contributed by atoms with Crippen molar-refractivity contribution in [3.05, 3.63) is 65.0 Å². The largest absolute Gasteiger partial charge is 0.307 e. The van der Waals surface area contributed by atoms with Crippen LogP contribution in [0.2, 0.25) is 0 Å². The molecule has 1 amide bonds. The number of aryl methyl sites for hydroxylation is 2. The molecule has 1 aliphatic rings. The van der Waals surface area contributed by atoms with Gasteiger partial charge in [0.2, 0.25) is 0 Å². The van der Waals surface area contributed by atoms with E-state index in [2.05, 4.69) is 29.9 Å². The normalized spacial score (nSPS) is 15.4. The van der Waals surface area contributed by atoms with Crippen molar-refractivity contribution in [1.82, 2.24) is 9.97 Å². The fraction of sp³-hybridized carbons (Fsp3) is 0.286. The summed E-state index contributed by atoms with van der Waals surface area (Å²) < 4.78 is 0. The molecular formula is C21H21N3O. The van der Waals surface area contributed by atoms with E-state index in [1.165, 1.54) is 5.56 Å². The number of anilines is 1. The molecule has 0 atom stereocenters. The van der Waals surface area contributed by atoms with Crippen LogP contribution in [-0.2, 0) is 5.41 Å². The molecule has 4 nitrogen and oxygen atoms in total. The molecule has 1 aromatic heterocycles. The molecule has 25 heavy (non-hydrogen) atoms. The van der Waals surface area contributed by atoms with E-state index in [0.717, 1.165) is 28.1 Å². The smallest absolute Gasteiger partial charge is 0.258 e. The first kappa shape index (κ1) is 15.8. The van der Waals surface area contributed by atoms with Crippen molar-refractivity contribution in [2.24, 2.45) is 0 Å². The number of para-hydroxylation sites is 1. The minimum Gasteiger partial charge on any atom is -0.307 e. The summed E-state index contributed by atoms with van der Waals surface area (Å²) in [6.07, 6.45) is 0. The molecule has 0 aliphatic carbocycles. The van der Waals surface area contributed by atoms with Gasteiger partial charge in [-0.3, -0.25) is 4.79 Å². The number of benzene rings is 2.